The predicted octanol–water partition coefficient (Wildman–Crippen LogP) is 1.78. The number of hydrogen-bond acceptors (Lipinski definition) is 2. The quantitative estimate of drug-likeness (QED) is 0.506. The molecule has 0 aromatic carbocycles. The van der Waals surface area contributed by atoms with E-state index in [-0.39, 0.29) is 0 Å². The number of allylic oxidation sites excluding steroid dienone is 2. The van der Waals surface area contributed by atoms with Crippen molar-refractivity contribution in [2.24, 2.45) is 10.2 Å². The van der Waals surface area contributed by atoms with Gasteiger partial charge < -0.3 is 0 Å². The first-order chi connectivity index (χ1) is 4.34. The summed E-state index contributed by atoms with van der Waals surface area (Å²) in [6.45, 7) is 4.06. The molecule has 0 atom stereocenters. The van der Waals surface area contributed by atoms with Crippen molar-refractivity contribution in [3.8, 4) is 0 Å². The van der Waals surface area contributed by atoms with Gasteiger partial charge in [0.1, 0.15) is 0 Å². The van der Waals surface area contributed by atoms with Crippen molar-refractivity contribution in [1.29, 1.82) is 0 Å². The molecule has 0 amide bonds. The molecule has 0 aromatic rings. The van der Waals surface area contributed by atoms with Crippen LogP contribution in [0.2, 0.25) is 0 Å². The third-order valence-electron chi connectivity index (χ3n) is 1.43. The molecule has 1 aliphatic rings. The minimum absolute atomic E-state index is 0.899. The highest BCUT2D eigenvalue weighted by Gasteiger charge is 2.02. The lowest BCUT2D eigenvalue weighted by Gasteiger charge is -1.93. The molecule has 9 heavy (non-hydrogen) atoms. The zero-order valence-corrected chi connectivity index (χ0v) is 5.76. The Bertz CT molecular complexity index is 187. The fourth-order valence-corrected chi connectivity index (χ4v) is 0.685. The van der Waals surface area contributed by atoms with Crippen LogP contribution in [-0.2, 0) is 0 Å². The van der Waals surface area contributed by atoms with Crippen LogP contribution in [-0.4, -0.2) is 11.9 Å². The maximum atomic E-state index is 3.92. The lowest BCUT2D eigenvalue weighted by Crippen LogP contribution is -1.95. The molecule has 0 aromatic heterocycles. The zero-order chi connectivity index (χ0) is 6.69. The summed E-state index contributed by atoms with van der Waals surface area (Å²) in [5.41, 5.74) is 2.32. The van der Waals surface area contributed by atoms with Gasteiger partial charge in [0.25, 0.3) is 0 Å². The summed E-state index contributed by atoms with van der Waals surface area (Å²) in [4.78, 5) is 0. The van der Waals surface area contributed by atoms with Gasteiger partial charge in [-0.15, -0.1) is 0 Å². The second-order valence-electron chi connectivity index (χ2n) is 2.02. The summed E-state index contributed by atoms with van der Waals surface area (Å²) in [5, 5.41) is 7.68. The maximum Gasteiger partial charge on any atom is 0.0710 e. The first-order valence-corrected chi connectivity index (χ1v) is 3.06. The van der Waals surface area contributed by atoms with Gasteiger partial charge in [-0.2, -0.15) is 10.2 Å². The Morgan fingerprint density at radius 1 is 1.78 bits per heavy atom. The molecule has 1 rings (SSSR count). The number of nitrogens with zero attached hydrogens (tertiary/aromatic N) is 2. The van der Waals surface area contributed by atoms with Crippen LogP contribution in [0.15, 0.2) is 21.9 Å². The van der Waals surface area contributed by atoms with Crippen LogP contribution in [0.1, 0.15) is 20.3 Å². The number of hydrogen-bond donors (Lipinski definition) is 0. The molecule has 1 aliphatic heterocycles. The highest BCUT2D eigenvalue weighted by Crippen LogP contribution is 2.04. The van der Waals surface area contributed by atoms with Gasteiger partial charge in [-0.05, 0) is 19.4 Å². The molecular formula is C7H10N2. The van der Waals surface area contributed by atoms with E-state index in [1.165, 1.54) is 5.57 Å². The van der Waals surface area contributed by atoms with E-state index in [4.69, 9.17) is 0 Å². The van der Waals surface area contributed by atoms with E-state index in [2.05, 4.69) is 10.2 Å². The van der Waals surface area contributed by atoms with E-state index in [1.807, 2.05) is 26.1 Å². The van der Waals surface area contributed by atoms with E-state index in [0.29, 0.717) is 0 Å². The summed E-state index contributed by atoms with van der Waals surface area (Å²) in [6.07, 6.45) is 4.77. The summed E-state index contributed by atoms with van der Waals surface area (Å²) >= 11 is 0. The van der Waals surface area contributed by atoms with Gasteiger partial charge in [-0.3, -0.25) is 0 Å². The molecule has 0 bridgehead atoms. The summed E-state index contributed by atoms with van der Waals surface area (Å²) in [5.74, 6) is 0. The van der Waals surface area contributed by atoms with Gasteiger partial charge in [0.05, 0.1) is 5.71 Å². The maximum absolute atomic E-state index is 3.92. The first kappa shape index (κ1) is 6.20. The Kier molecular flexibility index (Phi) is 1.78. The summed E-state index contributed by atoms with van der Waals surface area (Å²) in [7, 11) is 0. The van der Waals surface area contributed by atoms with Crippen LogP contribution >= 0.6 is 0 Å². The van der Waals surface area contributed by atoms with Gasteiger partial charge in [-0.25, -0.2) is 0 Å². The third-order valence-corrected chi connectivity index (χ3v) is 1.43. The van der Waals surface area contributed by atoms with Crippen molar-refractivity contribution in [2.45, 2.75) is 20.3 Å². The first-order valence-electron chi connectivity index (χ1n) is 3.06. The molecule has 2 nitrogen and oxygen atoms in total. The fourth-order valence-electron chi connectivity index (χ4n) is 0.685. The average molecular weight is 122 g/mol. The van der Waals surface area contributed by atoms with Crippen LogP contribution in [0.3, 0.4) is 0 Å². The van der Waals surface area contributed by atoms with Crippen molar-refractivity contribution in [2.75, 3.05) is 0 Å². The molecule has 0 N–H and O–H groups in total. The van der Waals surface area contributed by atoms with Gasteiger partial charge >= 0.3 is 0 Å². The van der Waals surface area contributed by atoms with E-state index in [0.717, 1.165) is 12.1 Å². The Morgan fingerprint density at radius 3 is 3.00 bits per heavy atom. The highest BCUT2D eigenvalue weighted by atomic mass is 15.2. The average Bonchev–Trinajstić information content (AvgIpc) is 2.37. The molecule has 1 heterocycles. The van der Waals surface area contributed by atoms with E-state index < -0.39 is 0 Å². The lowest BCUT2D eigenvalue weighted by atomic mass is 10.1. The number of rotatable bonds is 1. The second kappa shape index (κ2) is 2.58. The van der Waals surface area contributed by atoms with Crippen LogP contribution in [0.5, 0.6) is 0 Å². The monoisotopic (exact) mass is 122 g/mol. The molecule has 2 heteroatoms. The minimum Gasteiger partial charge on any atom is -0.163 e. The Hall–Kier alpha value is -0.920. The minimum atomic E-state index is 0.899. The van der Waals surface area contributed by atoms with Crippen molar-refractivity contribution < 1.29 is 0 Å². The van der Waals surface area contributed by atoms with Gasteiger partial charge in [0, 0.05) is 12.6 Å². The van der Waals surface area contributed by atoms with Crippen LogP contribution in [0, 0.1) is 0 Å². The molecule has 0 fully saturated rings. The second-order valence-corrected chi connectivity index (χ2v) is 2.02. The fraction of sp³-hybridized carbons (Fsp3) is 0.429. The standard InChI is InChI=1S/C7H10N2/c1-3-6(2)7-4-5-8-9-7/h3,5H,4H2,1-2H3/b6-3+. The Labute approximate surface area is 55.0 Å². The molecule has 0 spiro atoms. The SMILES string of the molecule is C/C=C(\C)C1=NN=CC1. The molecule has 0 aliphatic carbocycles. The van der Waals surface area contributed by atoms with Crippen molar-refractivity contribution in [3.05, 3.63) is 11.6 Å². The molecule has 0 saturated heterocycles. The van der Waals surface area contributed by atoms with Crippen molar-refractivity contribution >= 4 is 11.9 Å². The van der Waals surface area contributed by atoms with Gasteiger partial charge in [0.15, 0.2) is 0 Å². The van der Waals surface area contributed by atoms with Crippen molar-refractivity contribution in [1.82, 2.24) is 0 Å². The summed E-state index contributed by atoms with van der Waals surface area (Å²) in [6, 6.07) is 0. The molecular weight excluding hydrogens is 112 g/mol. The van der Waals surface area contributed by atoms with Crippen molar-refractivity contribution in [3.63, 3.8) is 0 Å². The highest BCUT2D eigenvalue weighted by molar-refractivity contribution is 6.08. The normalized spacial score (nSPS) is 18.4. The lowest BCUT2D eigenvalue weighted by molar-refractivity contribution is 1.27. The van der Waals surface area contributed by atoms with Gasteiger partial charge in [-0.1, -0.05) is 6.08 Å². The summed E-state index contributed by atoms with van der Waals surface area (Å²) < 4.78 is 0. The van der Waals surface area contributed by atoms with Gasteiger partial charge in [0.2, 0.25) is 0 Å². The largest absolute Gasteiger partial charge is 0.163 e. The van der Waals surface area contributed by atoms with E-state index in [1.54, 1.807) is 0 Å². The predicted molar refractivity (Wildman–Crippen MR) is 40.0 cm³/mol. The van der Waals surface area contributed by atoms with E-state index in [9.17, 15) is 0 Å². The third kappa shape index (κ3) is 1.25. The van der Waals surface area contributed by atoms with E-state index >= 15 is 0 Å². The molecule has 0 radical (unpaired) electrons. The molecule has 48 valence electrons. The Morgan fingerprint density at radius 2 is 2.56 bits per heavy atom. The Balaban J connectivity index is 2.66. The smallest absolute Gasteiger partial charge is 0.0710 e. The molecule has 0 unspecified atom stereocenters. The van der Waals surface area contributed by atoms with Crippen LogP contribution in [0.4, 0.5) is 0 Å². The zero-order valence-electron chi connectivity index (χ0n) is 5.76. The van der Waals surface area contributed by atoms with Crippen LogP contribution in [0.25, 0.3) is 0 Å². The van der Waals surface area contributed by atoms with Crippen LogP contribution < -0.4 is 0 Å². The molecule has 0 saturated carbocycles. The topological polar surface area (TPSA) is 24.7 Å².